The first kappa shape index (κ1) is 17.7. The van der Waals surface area contributed by atoms with Crippen molar-refractivity contribution >= 4 is 5.97 Å². The van der Waals surface area contributed by atoms with Crippen LogP contribution in [-0.4, -0.2) is 23.3 Å². The van der Waals surface area contributed by atoms with Gasteiger partial charge in [-0.25, -0.2) is 0 Å². The van der Waals surface area contributed by atoms with Gasteiger partial charge in [0.15, 0.2) is 0 Å². The first-order chi connectivity index (χ1) is 10.8. The van der Waals surface area contributed by atoms with E-state index in [1.165, 1.54) is 5.57 Å². The maximum Gasteiger partial charge on any atom is 0.313 e. The van der Waals surface area contributed by atoms with Crippen molar-refractivity contribution in [2.75, 3.05) is 6.61 Å². The van der Waals surface area contributed by atoms with E-state index in [0.717, 1.165) is 36.8 Å². The molecule has 2 atom stereocenters. The van der Waals surface area contributed by atoms with Gasteiger partial charge in [0, 0.05) is 5.92 Å². The van der Waals surface area contributed by atoms with Gasteiger partial charge in [0.1, 0.15) is 6.61 Å². The van der Waals surface area contributed by atoms with E-state index in [2.05, 4.69) is 19.6 Å². The number of aliphatic hydroxyl groups is 1. The largest absolute Gasteiger partial charge is 0.461 e. The predicted octanol–water partition coefficient (Wildman–Crippen LogP) is 4.11. The number of ether oxygens (including phenoxy) is 1. The molecule has 1 unspecified atom stereocenters. The molecule has 0 aromatic carbocycles. The molecular formula is C20H28O3. The summed E-state index contributed by atoms with van der Waals surface area (Å²) in [6.45, 7) is 10.1. The monoisotopic (exact) mass is 316 g/mol. The lowest BCUT2D eigenvalue weighted by Gasteiger charge is -2.33. The average Bonchev–Trinajstić information content (AvgIpc) is 2.51. The molecule has 0 amide bonds. The smallest absolute Gasteiger partial charge is 0.313 e. The van der Waals surface area contributed by atoms with Gasteiger partial charge in [-0.1, -0.05) is 42.0 Å². The lowest BCUT2D eigenvalue weighted by atomic mass is 9.76. The second kappa shape index (κ2) is 7.31. The Bertz CT molecular complexity index is 558. The molecule has 3 nitrogen and oxygen atoms in total. The zero-order valence-corrected chi connectivity index (χ0v) is 14.5. The quantitative estimate of drug-likeness (QED) is 0.616. The van der Waals surface area contributed by atoms with Crippen LogP contribution in [0.15, 0.2) is 47.6 Å². The van der Waals surface area contributed by atoms with Crippen LogP contribution in [0.3, 0.4) is 0 Å². The van der Waals surface area contributed by atoms with Crippen molar-refractivity contribution in [1.82, 2.24) is 0 Å². The van der Waals surface area contributed by atoms with Crippen LogP contribution in [0.1, 0.15) is 46.5 Å². The molecule has 1 saturated heterocycles. The van der Waals surface area contributed by atoms with Gasteiger partial charge in [0.25, 0.3) is 0 Å². The standard InChI is InChI=1S/C20H28O3/c1-14-7-5-8-15(2)18-17(11-10-14)16(13-23-19(18)21)9-6-12-20(3,4)22/h6-7,9,12,17-18,22H,2,5,8,10-11,13H2,1,3-4H3/b12-6+,14-7+,16-9-/t17?,18-/m0/s1. The van der Waals surface area contributed by atoms with Crippen LogP contribution in [-0.2, 0) is 9.53 Å². The lowest BCUT2D eigenvalue weighted by Crippen LogP contribution is -2.35. The molecule has 0 bridgehead atoms. The molecule has 1 aliphatic heterocycles. The zero-order chi connectivity index (χ0) is 17.0. The summed E-state index contributed by atoms with van der Waals surface area (Å²) in [7, 11) is 0. The number of carbonyl (C=O) groups excluding carboxylic acids is 1. The maximum absolute atomic E-state index is 12.3. The predicted molar refractivity (Wildman–Crippen MR) is 92.8 cm³/mol. The van der Waals surface area contributed by atoms with E-state index in [1.54, 1.807) is 19.9 Å². The fourth-order valence-electron chi connectivity index (χ4n) is 3.26. The molecule has 2 aliphatic rings. The molecule has 2 rings (SSSR count). The minimum Gasteiger partial charge on any atom is -0.461 e. The fraction of sp³-hybridized carbons (Fsp3) is 0.550. The average molecular weight is 316 g/mol. The number of rotatable bonds is 2. The molecule has 0 spiro atoms. The molecule has 0 aromatic heterocycles. The van der Waals surface area contributed by atoms with Crippen LogP contribution >= 0.6 is 0 Å². The van der Waals surface area contributed by atoms with Gasteiger partial charge in [0.2, 0.25) is 0 Å². The summed E-state index contributed by atoms with van der Waals surface area (Å²) in [5, 5.41) is 9.79. The minimum absolute atomic E-state index is 0.136. The van der Waals surface area contributed by atoms with Crippen molar-refractivity contribution in [2.45, 2.75) is 52.1 Å². The maximum atomic E-state index is 12.3. The van der Waals surface area contributed by atoms with Gasteiger partial charge in [-0.15, -0.1) is 0 Å². The molecule has 126 valence electrons. The highest BCUT2D eigenvalue weighted by molar-refractivity contribution is 5.78. The van der Waals surface area contributed by atoms with E-state index in [4.69, 9.17) is 4.74 Å². The Morgan fingerprint density at radius 1 is 1.39 bits per heavy atom. The van der Waals surface area contributed by atoms with E-state index in [0.29, 0.717) is 6.61 Å². The van der Waals surface area contributed by atoms with Crippen LogP contribution in [0.2, 0.25) is 0 Å². The summed E-state index contributed by atoms with van der Waals surface area (Å²) in [6.07, 6.45) is 11.6. The highest BCUT2D eigenvalue weighted by Crippen LogP contribution is 2.38. The first-order valence-corrected chi connectivity index (χ1v) is 8.38. The van der Waals surface area contributed by atoms with Crippen molar-refractivity contribution in [2.24, 2.45) is 11.8 Å². The molecule has 0 saturated carbocycles. The summed E-state index contributed by atoms with van der Waals surface area (Å²) in [4.78, 5) is 12.3. The van der Waals surface area contributed by atoms with E-state index in [1.807, 2.05) is 12.2 Å². The Kier molecular flexibility index (Phi) is 5.64. The zero-order valence-electron chi connectivity index (χ0n) is 14.5. The Morgan fingerprint density at radius 2 is 2.13 bits per heavy atom. The minimum atomic E-state index is -0.844. The van der Waals surface area contributed by atoms with E-state index in [-0.39, 0.29) is 17.8 Å². The van der Waals surface area contributed by atoms with Crippen molar-refractivity contribution in [3.63, 3.8) is 0 Å². The fourth-order valence-corrected chi connectivity index (χ4v) is 3.26. The number of hydrogen-bond acceptors (Lipinski definition) is 3. The van der Waals surface area contributed by atoms with Gasteiger partial charge in [-0.05, 0) is 52.0 Å². The third kappa shape index (κ3) is 4.93. The SMILES string of the molecule is C=C1CC/C=C(\C)CCC2/C(=C\C=C\C(C)(C)O)COC(=O)[C@@H]12. The Hall–Kier alpha value is -1.61. The summed E-state index contributed by atoms with van der Waals surface area (Å²) >= 11 is 0. The number of fused-ring (bicyclic) bond motifs is 1. The molecule has 23 heavy (non-hydrogen) atoms. The third-order valence-electron chi connectivity index (χ3n) is 4.58. The topological polar surface area (TPSA) is 46.5 Å². The van der Waals surface area contributed by atoms with Crippen LogP contribution in [0, 0.1) is 11.8 Å². The molecule has 0 aromatic rings. The molecule has 1 aliphatic carbocycles. The number of carbonyl (C=O) groups is 1. The molecule has 1 N–H and O–H groups in total. The molecule has 0 radical (unpaired) electrons. The van der Waals surface area contributed by atoms with Crippen LogP contribution in [0.25, 0.3) is 0 Å². The second-order valence-electron chi connectivity index (χ2n) is 7.23. The van der Waals surface area contributed by atoms with Crippen molar-refractivity contribution in [3.8, 4) is 0 Å². The van der Waals surface area contributed by atoms with Gasteiger partial charge >= 0.3 is 5.97 Å². The number of hydrogen-bond donors (Lipinski definition) is 1. The van der Waals surface area contributed by atoms with Gasteiger partial charge in [-0.2, -0.15) is 0 Å². The highest BCUT2D eigenvalue weighted by atomic mass is 16.5. The normalized spacial score (nSPS) is 31.0. The van der Waals surface area contributed by atoms with E-state index in [9.17, 15) is 9.90 Å². The highest BCUT2D eigenvalue weighted by Gasteiger charge is 2.38. The van der Waals surface area contributed by atoms with Gasteiger partial charge in [0.05, 0.1) is 11.5 Å². The molecule has 1 heterocycles. The van der Waals surface area contributed by atoms with Crippen molar-refractivity contribution in [3.05, 3.63) is 47.6 Å². The summed E-state index contributed by atoms with van der Waals surface area (Å²) in [6, 6.07) is 0. The van der Waals surface area contributed by atoms with Gasteiger partial charge < -0.3 is 9.84 Å². The van der Waals surface area contributed by atoms with Gasteiger partial charge in [-0.3, -0.25) is 4.79 Å². The van der Waals surface area contributed by atoms with Crippen molar-refractivity contribution in [1.29, 1.82) is 0 Å². The third-order valence-corrected chi connectivity index (χ3v) is 4.58. The molecule has 3 heteroatoms. The number of allylic oxidation sites excluding steroid dienone is 4. The van der Waals surface area contributed by atoms with E-state index < -0.39 is 5.60 Å². The summed E-state index contributed by atoms with van der Waals surface area (Å²) < 4.78 is 5.40. The molecule has 1 fully saturated rings. The summed E-state index contributed by atoms with van der Waals surface area (Å²) in [5.74, 6) is -0.218. The second-order valence-corrected chi connectivity index (χ2v) is 7.23. The Morgan fingerprint density at radius 3 is 2.83 bits per heavy atom. The molecular weight excluding hydrogens is 288 g/mol. The Labute approximate surface area is 139 Å². The summed E-state index contributed by atoms with van der Waals surface area (Å²) in [5.41, 5.74) is 2.63. The Balaban J connectivity index is 2.28. The van der Waals surface area contributed by atoms with E-state index >= 15 is 0 Å². The lowest BCUT2D eigenvalue weighted by molar-refractivity contribution is -0.151. The van der Waals surface area contributed by atoms with Crippen molar-refractivity contribution < 1.29 is 14.6 Å². The van der Waals surface area contributed by atoms with Crippen LogP contribution < -0.4 is 0 Å². The van der Waals surface area contributed by atoms with Crippen LogP contribution in [0.4, 0.5) is 0 Å². The first-order valence-electron chi connectivity index (χ1n) is 8.38. The number of esters is 1. The number of cyclic esters (lactones) is 1. The van der Waals surface area contributed by atoms with Crippen LogP contribution in [0.5, 0.6) is 0 Å².